The van der Waals surface area contributed by atoms with Crippen LogP contribution in [0.3, 0.4) is 0 Å². The molecule has 9 heteroatoms. The number of nitrogens with zero attached hydrogens (tertiary/aromatic N) is 3. The number of nitrogens with one attached hydrogen (secondary N) is 2. The van der Waals surface area contributed by atoms with Crippen molar-refractivity contribution < 1.29 is 13.2 Å². The molecule has 0 bridgehead atoms. The van der Waals surface area contributed by atoms with Crippen LogP contribution in [0, 0.1) is 0 Å². The maximum Gasteiger partial charge on any atom is 0.401 e. The fraction of sp³-hybridized carbons (Fsp3) is 0.938. The Morgan fingerprint density at radius 3 is 2.56 bits per heavy atom. The molecule has 0 aromatic rings. The van der Waals surface area contributed by atoms with Crippen molar-refractivity contribution in [1.29, 1.82) is 0 Å². The lowest BCUT2D eigenvalue weighted by Crippen LogP contribution is -2.46. The second-order valence-corrected chi connectivity index (χ2v) is 6.95. The molecule has 1 saturated carbocycles. The van der Waals surface area contributed by atoms with Crippen molar-refractivity contribution in [2.24, 2.45) is 4.99 Å². The Bertz CT molecular complexity index is 428. The Morgan fingerprint density at radius 1 is 1.32 bits per heavy atom. The zero-order chi connectivity index (χ0) is 17.7. The molecule has 1 aliphatic carbocycles. The number of hydrogen-bond donors (Lipinski definition) is 2. The van der Waals surface area contributed by atoms with E-state index in [-0.39, 0.29) is 30.0 Å². The predicted molar refractivity (Wildman–Crippen MR) is 106 cm³/mol. The van der Waals surface area contributed by atoms with Crippen LogP contribution in [-0.4, -0.2) is 79.8 Å². The molecular formula is C16H31F3IN5. The summed E-state index contributed by atoms with van der Waals surface area (Å²) in [5.41, 5.74) is 0. The van der Waals surface area contributed by atoms with Crippen molar-refractivity contribution in [2.45, 2.75) is 57.4 Å². The molecule has 1 heterocycles. The van der Waals surface area contributed by atoms with E-state index >= 15 is 0 Å². The topological polar surface area (TPSA) is 42.9 Å². The van der Waals surface area contributed by atoms with Crippen molar-refractivity contribution >= 4 is 29.9 Å². The highest BCUT2D eigenvalue weighted by Gasteiger charge is 2.34. The number of alkyl halides is 3. The molecule has 1 aliphatic heterocycles. The molecule has 2 unspecified atom stereocenters. The third-order valence-electron chi connectivity index (χ3n) is 4.69. The number of rotatable bonds is 7. The lowest BCUT2D eigenvalue weighted by atomic mass is 10.2. The molecular weight excluding hydrogens is 446 g/mol. The highest BCUT2D eigenvalue weighted by Crippen LogP contribution is 2.26. The zero-order valence-electron chi connectivity index (χ0n) is 15.3. The van der Waals surface area contributed by atoms with Gasteiger partial charge in [0, 0.05) is 37.8 Å². The van der Waals surface area contributed by atoms with Crippen LogP contribution in [0.4, 0.5) is 13.2 Å². The van der Waals surface area contributed by atoms with Crippen molar-refractivity contribution in [1.82, 2.24) is 20.4 Å². The van der Waals surface area contributed by atoms with Gasteiger partial charge in [-0.15, -0.1) is 24.0 Å². The summed E-state index contributed by atoms with van der Waals surface area (Å²) >= 11 is 0. The molecule has 0 spiro atoms. The van der Waals surface area contributed by atoms with Crippen LogP contribution in [-0.2, 0) is 0 Å². The lowest BCUT2D eigenvalue weighted by Gasteiger charge is -2.24. The molecule has 0 aromatic heterocycles. The average Bonchev–Trinajstić information content (AvgIpc) is 3.25. The predicted octanol–water partition coefficient (Wildman–Crippen LogP) is 2.28. The minimum Gasteiger partial charge on any atom is -0.357 e. The van der Waals surface area contributed by atoms with Gasteiger partial charge in [0.05, 0.1) is 13.1 Å². The molecule has 5 nitrogen and oxygen atoms in total. The van der Waals surface area contributed by atoms with E-state index in [9.17, 15) is 13.2 Å². The van der Waals surface area contributed by atoms with E-state index in [0.717, 1.165) is 6.54 Å². The first-order valence-electron chi connectivity index (χ1n) is 8.84. The van der Waals surface area contributed by atoms with Gasteiger partial charge in [-0.05, 0) is 40.2 Å². The molecule has 2 N–H and O–H groups in total. The third-order valence-corrected chi connectivity index (χ3v) is 4.69. The minimum absolute atomic E-state index is 0. The van der Waals surface area contributed by atoms with Crippen LogP contribution in [0.15, 0.2) is 4.99 Å². The second-order valence-electron chi connectivity index (χ2n) is 6.95. The van der Waals surface area contributed by atoms with Gasteiger partial charge in [0.15, 0.2) is 5.96 Å². The maximum atomic E-state index is 12.5. The van der Waals surface area contributed by atoms with Gasteiger partial charge >= 0.3 is 6.18 Å². The smallest absolute Gasteiger partial charge is 0.357 e. The van der Waals surface area contributed by atoms with E-state index in [4.69, 9.17) is 0 Å². The molecule has 0 amide bonds. The number of likely N-dealkylation sites (tertiary alicyclic amines) is 1. The fourth-order valence-electron chi connectivity index (χ4n) is 3.05. The minimum atomic E-state index is -4.13. The maximum absolute atomic E-state index is 12.5. The molecule has 0 aromatic carbocycles. The van der Waals surface area contributed by atoms with E-state index in [1.165, 1.54) is 17.7 Å². The zero-order valence-corrected chi connectivity index (χ0v) is 17.6. The highest BCUT2D eigenvalue weighted by molar-refractivity contribution is 14.0. The van der Waals surface area contributed by atoms with Gasteiger partial charge in [-0.1, -0.05) is 0 Å². The van der Waals surface area contributed by atoms with Crippen molar-refractivity contribution in [2.75, 3.05) is 39.8 Å². The van der Waals surface area contributed by atoms with Crippen molar-refractivity contribution in [3.8, 4) is 0 Å². The Balaban J connectivity index is 0.00000312. The third kappa shape index (κ3) is 8.29. The number of guanidine groups is 1. The lowest BCUT2D eigenvalue weighted by molar-refractivity contribution is -0.143. The standard InChI is InChI=1S/C16H30F3N5.HI/c1-4-20-15(21-9-12(2)23(3)14-5-6-14)22-13-7-8-24(10-13)11-16(17,18)19;/h12-14H,4-11H2,1-3H3,(H2,20,21,22);1H. The molecule has 25 heavy (non-hydrogen) atoms. The van der Waals surface area contributed by atoms with E-state index < -0.39 is 12.7 Å². The van der Waals surface area contributed by atoms with Crippen LogP contribution in [0.2, 0.25) is 0 Å². The fourth-order valence-corrected chi connectivity index (χ4v) is 3.05. The van der Waals surface area contributed by atoms with Gasteiger partial charge in [-0.2, -0.15) is 13.2 Å². The first kappa shape index (κ1) is 22.8. The number of likely N-dealkylation sites (N-methyl/N-ethyl adjacent to an activating group) is 1. The van der Waals surface area contributed by atoms with Crippen LogP contribution in [0.5, 0.6) is 0 Å². The monoisotopic (exact) mass is 477 g/mol. The summed E-state index contributed by atoms with van der Waals surface area (Å²) in [5.74, 6) is 0.701. The van der Waals surface area contributed by atoms with Crippen molar-refractivity contribution in [3.63, 3.8) is 0 Å². The van der Waals surface area contributed by atoms with Gasteiger partial charge in [-0.3, -0.25) is 14.8 Å². The van der Waals surface area contributed by atoms with E-state index in [1.54, 1.807) is 0 Å². The quantitative estimate of drug-likeness (QED) is 0.336. The molecule has 2 fully saturated rings. The van der Waals surface area contributed by atoms with Gasteiger partial charge in [0.25, 0.3) is 0 Å². The molecule has 0 radical (unpaired) electrons. The Morgan fingerprint density at radius 2 is 2.00 bits per heavy atom. The molecule has 2 rings (SSSR count). The summed E-state index contributed by atoms with van der Waals surface area (Å²) in [5, 5.41) is 6.47. The highest BCUT2D eigenvalue weighted by atomic mass is 127. The first-order valence-corrected chi connectivity index (χ1v) is 8.84. The summed E-state index contributed by atoms with van der Waals surface area (Å²) in [6, 6.07) is 1.07. The summed E-state index contributed by atoms with van der Waals surface area (Å²) in [6.07, 6.45) is -0.895. The van der Waals surface area contributed by atoms with Crippen molar-refractivity contribution in [3.05, 3.63) is 0 Å². The summed E-state index contributed by atoms with van der Waals surface area (Å²) in [6.45, 7) is 5.60. The van der Waals surface area contributed by atoms with Crippen LogP contribution >= 0.6 is 24.0 Å². The number of aliphatic imine (C=N–C) groups is 1. The Hall–Kier alpha value is -0.290. The Labute approximate surface area is 165 Å². The SMILES string of the molecule is CCNC(=NCC(C)N(C)C1CC1)NC1CCN(CC(F)(F)F)C1.I. The van der Waals surface area contributed by atoms with Crippen LogP contribution in [0.25, 0.3) is 0 Å². The first-order chi connectivity index (χ1) is 11.3. The number of hydrogen-bond acceptors (Lipinski definition) is 3. The number of halogens is 4. The van der Waals surface area contributed by atoms with Crippen LogP contribution < -0.4 is 10.6 Å². The van der Waals surface area contributed by atoms with E-state index in [2.05, 4.69) is 34.5 Å². The molecule has 2 aliphatic rings. The van der Waals surface area contributed by atoms with Crippen LogP contribution in [0.1, 0.15) is 33.1 Å². The van der Waals surface area contributed by atoms with E-state index in [0.29, 0.717) is 44.1 Å². The van der Waals surface area contributed by atoms with E-state index in [1.807, 2.05) is 6.92 Å². The second kappa shape index (κ2) is 10.1. The summed E-state index contributed by atoms with van der Waals surface area (Å²) < 4.78 is 37.4. The molecule has 2 atom stereocenters. The van der Waals surface area contributed by atoms with Gasteiger partial charge in [0.1, 0.15) is 0 Å². The van der Waals surface area contributed by atoms with Gasteiger partial charge in [0.2, 0.25) is 0 Å². The Kier molecular flexibility index (Phi) is 9.24. The van der Waals surface area contributed by atoms with Gasteiger partial charge in [-0.25, -0.2) is 0 Å². The average molecular weight is 477 g/mol. The largest absolute Gasteiger partial charge is 0.401 e. The molecule has 148 valence electrons. The molecule has 1 saturated heterocycles. The normalized spacial score (nSPS) is 23.5. The summed E-state index contributed by atoms with van der Waals surface area (Å²) in [7, 11) is 2.13. The summed E-state index contributed by atoms with van der Waals surface area (Å²) in [4.78, 5) is 8.42. The van der Waals surface area contributed by atoms with Gasteiger partial charge < -0.3 is 10.6 Å².